The van der Waals surface area contributed by atoms with E-state index in [9.17, 15) is 4.79 Å². The molecule has 1 atom stereocenters. The van der Waals surface area contributed by atoms with Gasteiger partial charge < -0.3 is 15.0 Å². The summed E-state index contributed by atoms with van der Waals surface area (Å²) in [5.74, 6) is 1.46. The van der Waals surface area contributed by atoms with E-state index in [1.807, 2.05) is 50.2 Å². The number of fused-ring (bicyclic) bond motifs is 1. The van der Waals surface area contributed by atoms with E-state index in [0.717, 1.165) is 46.5 Å². The number of para-hydroxylation sites is 1. The molecule has 2 heterocycles. The van der Waals surface area contributed by atoms with Gasteiger partial charge in [0.2, 0.25) is 0 Å². The minimum atomic E-state index is -0.177. The topological polar surface area (TPSA) is 54.5 Å². The molecule has 0 spiro atoms. The Kier molecular flexibility index (Phi) is 6.40. The zero-order valence-electron chi connectivity index (χ0n) is 18.6. The first-order valence-corrected chi connectivity index (χ1v) is 11.2. The van der Waals surface area contributed by atoms with Gasteiger partial charge in [-0.1, -0.05) is 31.2 Å². The first kappa shape index (κ1) is 21.2. The van der Waals surface area contributed by atoms with Crippen molar-refractivity contribution in [3.05, 3.63) is 59.7 Å². The molecule has 1 saturated heterocycles. The number of benzene rings is 2. The van der Waals surface area contributed by atoms with Gasteiger partial charge in [0.25, 0.3) is 5.91 Å². The van der Waals surface area contributed by atoms with Gasteiger partial charge in [0, 0.05) is 23.7 Å². The highest BCUT2D eigenvalue weighted by Gasteiger charge is 2.22. The number of hydrogen-bond acceptors (Lipinski definition) is 4. The molecule has 0 bridgehead atoms. The average Bonchev–Trinajstić information content (AvgIpc) is 2.79. The highest BCUT2D eigenvalue weighted by molar-refractivity contribution is 5.93. The fourth-order valence-electron chi connectivity index (χ4n) is 4.31. The second-order valence-corrected chi connectivity index (χ2v) is 8.40. The Balaban J connectivity index is 1.52. The number of rotatable bonds is 6. The molecule has 0 saturated carbocycles. The number of carbonyl (C=O) groups excluding carboxylic acids is 1. The van der Waals surface area contributed by atoms with Gasteiger partial charge in [-0.15, -0.1) is 0 Å². The Bertz CT molecular complexity index is 1080. The van der Waals surface area contributed by atoms with E-state index in [2.05, 4.69) is 29.3 Å². The van der Waals surface area contributed by atoms with Gasteiger partial charge in [0.1, 0.15) is 17.1 Å². The Labute approximate surface area is 184 Å². The van der Waals surface area contributed by atoms with Crippen molar-refractivity contribution in [2.75, 3.05) is 23.4 Å². The zero-order valence-corrected chi connectivity index (χ0v) is 18.6. The van der Waals surface area contributed by atoms with Crippen LogP contribution in [0.1, 0.15) is 43.7 Å². The number of ether oxygens (including phenoxy) is 1. The molecule has 162 valence electrons. The van der Waals surface area contributed by atoms with E-state index in [-0.39, 0.29) is 12.5 Å². The molecule has 0 aliphatic carbocycles. The summed E-state index contributed by atoms with van der Waals surface area (Å²) in [7, 11) is 0. The minimum absolute atomic E-state index is 0.0559. The number of aryl methyl sites for hydroxylation is 2. The lowest BCUT2D eigenvalue weighted by Gasteiger charge is -2.36. The van der Waals surface area contributed by atoms with Crippen LogP contribution in [0, 0.1) is 13.8 Å². The van der Waals surface area contributed by atoms with Gasteiger partial charge in [0.05, 0.1) is 0 Å². The van der Waals surface area contributed by atoms with E-state index in [1.165, 1.54) is 19.3 Å². The maximum absolute atomic E-state index is 12.5. The Morgan fingerprint density at radius 3 is 2.87 bits per heavy atom. The summed E-state index contributed by atoms with van der Waals surface area (Å²) >= 11 is 0. The summed E-state index contributed by atoms with van der Waals surface area (Å²) in [4.78, 5) is 19.9. The number of piperidine rings is 1. The van der Waals surface area contributed by atoms with E-state index >= 15 is 0 Å². The van der Waals surface area contributed by atoms with Crippen molar-refractivity contribution in [2.24, 2.45) is 0 Å². The molecular formula is C26H31N3O2. The molecule has 2 aromatic carbocycles. The lowest BCUT2D eigenvalue weighted by Crippen LogP contribution is -2.39. The molecule has 4 rings (SSSR count). The maximum atomic E-state index is 12.5. The van der Waals surface area contributed by atoms with E-state index < -0.39 is 0 Å². The van der Waals surface area contributed by atoms with E-state index in [4.69, 9.17) is 9.72 Å². The van der Waals surface area contributed by atoms with Crippen LogP contribution in [0.3, 0.4) is 0 Å². The largest absolute Gasteiger partial charge is 0.481 e. The van der Waals surface area contributed by atoms with Gasteiger partial charge in [0.15, 0.2) is 6.61 Å². The summed E-state index contributed by atoms with van der Waals surface area (Å²) in [5, 5.41) is 3.97. The highest BCUT2D eigenvalue weighted by atomic mass is 16.5. The molecule has 3 aromatic rings. The van der Waals surface area contributed by atoms with Crippen molar-refractivity contribution in [1.29, 1.82) is 0 Å². The molecule has 1 aliphatic heterocycles. The van der Waals surface area contributed by atoms with Crippen LogP contribution in [0.2, 0.25) is 0 Å². The van der Waals surface area contributed by atoms with Crippen molar-refractivity contribution < 1.29 is 9.53 Å². The lowest BCUT2D eigenvalue weighted by molar-refractivity contribution is -0.118. The van der Waals surface area contributed by atoms with Gasteiger partial charge in [-0.3, -0.25) is 4.79 Å². The molecule has 1 unspecified atom stereocenters. The number of hydrogen-bond donors (Lipinski definition) is 1. The maximum Gasteiger partial charge on any atom is 0.262 e. The second kappa shape index (κ2) is 9.38. The fourth-order valence-corrected chi connectivity index (χ4v) is 4.31. The van der Waals surface area contributed by atoms with Crippen molar-refractivity contribution in [3.8, 4) is 5.75 Å². The van der Waals surface area contributed by atoms with Crippen molar-refractivity contribution in [1.82, 2.24) is 4.98 Å². The monoisotopic (exact) mass is 417 g/mol. The first-order chi connectivity index (χ1) is 15.0. The SMILES string of the molecule is CCC1CCCCN1c1ccc2cccc(OCC(=O)Nc3cc(C)ccc3C)c2n1. The molecule has 5 heteroatoms. The Morgan fingerprint density at radius 1 is 1.16 bits per heavy atom. The van der Waals surface area contributed by atoms with E-state index in [1.54, 1.807) is 0 Å². The Morgan fingerprint density at radius 2 is 2.03 bits per heavy atom. The third-order valence-corrected chi connectivity index (χ3v) is 6.09. The smallest absolute Gasteiger partial charge is 0.262 e. The number of amides is 1. The van der Waals surface area contributed by atoms with Gasteiger partial charge >= 0.3 is 0 Å². The normalized spacial score (nSPS) is 16.4. The highest BCUT2D eigenvalue weighted by Crippen LogP contribution is 2.30. The van der Waals surface area contributed by atoms with Crippen molar-refractivity contribution in [2.45, 2.75) is 52.5 Å². The van der Waals surface area contributed by atoms with E-state index in [0.29, 0.717) is 11.8 Å². The molecule has 1 fully saturated rings. The van der Waals surface area contributed by atoms with Crippen LogP contribution in [0.4, 0.5) is 11.5 Å². The molecule has 1 N–H and O–H groups in total. The van der Waals surface area contributed by atoms with Gasteiger partial charge in [-0.2, -0.15) is 0 Å². The lowest BCUT2D eigenvalue weighted by atomic mass is 10.00. The predicted molar refractivity (Wildman–Crippen MR) is 127 cm³/mol. The van der Waals surface area contributed by atoms with Crippen LogP contribution in [-0.4, -0.2) is 30.1 Å². The number of carbonyl (C=O) groups is 1. The third-order valence-electron chi connectivity index (χ3n) is 6.09. The zero-order chi connectivity index (χ0) is 21.8. The molecule has 5 nitrogen and oxygen atoms in total. The number of pyridine rings is 1. The molecule has 31 heavy (non-hydrogen) atoms. The summed E-state index contributed by atoms with van der Waals surface area (Å²) in [6.07, 6.45) is 4.82. The van der Waals surface area contributed by atoms with Crippen LogP contribution in [0.5, 0.6) is 5.75 Å². The molecular weight excluding hydrogens is 386 g/mol. The van der Waals surface area contributed by atoms with Crippen LogP contribution >= 0.6 is 0 Å². The molecule has 1 amide bonds. The third kappa shape index (κ3) is 4.82. The quantitative estimate of drug-likeness (QED) is 0.564. The summed E-state index contributed by atoms with van der Waals surface area (Å²) in [6, 6.07) is 16.6. The number of aromatic nitrogens is 1. The van der Waals surface area contributed by atoms with Gasteiger partial charge in [-0.25, -0.2) is 4.98 Å². The van der Waals surface area contributed by atoms with Crippen LogP contribution in [-0.2, 0) is 4.79 Å². The second-order valence-electron chi connectivity index (χ2n) is 8.40. The standard InChI is InChI=1S/C26H31N3O2/c1-4-21-9-5-6-15-29(21)24-14-13-20-8-7-10-23(26(20)28-24)31-17-25(30)27-22-16-18(2)11-12-19(22)3/h7-8,10-14,16,21H,4-6,9,15,17H2,1-3H3,(H,27,30). The van der Waals surface area contributed by atoms with Crippen molar-refractivity contribution in [3.63, 3.8) is 0 Å². The van der Waals surface area contributed by atoms with Crippen molar-refractivity contribution >= 4 is 28.3 Å². The average molecular weight is 418 g/mol. The predicted octanol–water partition coefficient (Wildman–Crippen LogP) is 5.64. The minimum Gasteiger partial charge on any atom is -0.481 e. The summed E-state index contributed by atoms with van der Waals surface area (Å²) in [6.45, 7) is 7.22. The summed E-state index contributed by atoms with van der Waals surface area (Å²) in [5.41, 5.74) is 3.76. The fraction of sp³-hybridized carbons (Fsp3) is 0.385. The van der Waals surface area contributed by atoms with Crippen LogP contribution in [0.15, 0.2) is 48.5 Å². The van der Waals surface area contributed by atoms with Gasteiger partial charge in [-0.05, 0) is 74.9 Å². The Hall–Kier alpha value is -3.08. The summed E-state index contributed by atoms with van der Waals surface area (Å²) < 4.78 is 5.93. The number of nitrogens with zero attached hydrogens (tertiary/aromatic N) is 2. The molecule has 1 aromatic heterocycles. The number of anilines is 2. The van der Waals surface area contributed by atoms with Crippen LogP contribution in [0.25, 0.3) is 10.9 Å². The van der Waals surface area contributed by atoms with Crippen LogP contribution < -0.4 is 15.0 Å². The molecule has 1 aliphatic rings. The molecule has 0 radical (unpaired) electrons. The first-order valence-electron chi connectivity index (χ1n) is 11.2. The number of nitrogens with one attached hydrogen (secondary N) is 1.